The van der Waals surface area contributed by atoms with Gasteiger partial charge < -0.3 is 10.6 Å². The molecule has 3 heteroatoms. The molecule has 0 aromatic rings. The maximum atomic E-state index is 11.7. The Kier molecular flexibility index (Phi) is 3.06. The van der Waals surface area contributed by atoms with Crippen LogP contribution in [0.2, 0.25) is 0 Å². The molecule has 80 valence electrons. The second-order valence-corrected chi connectivity index (χ2v) is 4.78. The van der Waals surface area contributed by atoms with Gasteiger partial charge in [-0.3, -0.25) is 4.79 Å². The molecule has 1 aliphatic carbocycles. The van der Waals surface area contributed by atoms with Gasteiger partial charge in [0.1, 0.15) is 0 Å². The van der Waals surface area contributed by atoms with Gasteiger partial charge in [0.05, 0.1) is 6.04 Å². The Morgan fingerprint density at radius 2 is 2.14 bits per heavy atom. The van der Waals surface area contributed by atoms with Gasteiger partial charge in [-0.05, 0) is 38.1 Å². The van der Waals surface area contributed by atoms with Crippen LogP contribution in [-0.4, -0.2) is 24.5 Å². The second kappa shape index (κ2) is 4.30. The fourth-order valence-electron chi connectivity index (χ4n) is 2.40. The Balaban J connectivity index is 1.71. The molecule has 0 spiro atoms. The van der Waals surface area contributed by atoms with Crippen molar-refractivity contribution in [1.29, 1.82) is 0 Å². The number of carbonyl (C=O) groups excluding carboxylic acids is 1. The Morgan fingerprint density at radius 3 is 2.71 bits per heavy atom. The van der Waals surface area contributed by atoms with Gasteiger partial charge >= 0.3 is 0 Å². The molecule has 1 saturated carbocycles. The number of nitrogens with one attached hydrogen (secondary N) is 2. The summed E-state index contributed by atoms with van der Waals surface area (Å²) in [6, 6.07) is 0.542. The third kappa shape index (κ3) is 2.27. The quantitative estimate of drug-likeness (QED) is 0.693. The molecule has 0 radical (unpaired) electrons. The summed E-state index contributed by atoms with van der Waals surface area (Å²) in [4.78, 5) is 11.7. The summed E-state index contributed by atoms with van der Waals surface area (Å²) in [6.07, 6.45) is 5.74. The van der Waals surface area contributed by atoms with Crippen molar-refractivity contribution in [3.05, 3.63) is 0 Å². The van der Waals surface area contributed by atoms with E-state index in [9.17, 15) is 4.79 Å². The highest BCUT2D eigenvalue weighted by Gasteiger charge is 2.29. The molecule has 1 amide bonds. The first-order chi connectivity index (χ1) is 6.75. The molecular weight excluding hydrogens is 176 g/mol. The van der Waals surface area contributed by atoms with Crippen molar-refractivity contribution in [3.8, 4) is 0 Å². The van der Waals surface area contributed by atoms with Crippen molar-refractivity contribution in [2.24, 2.45) is 5.92 Å². The molecule has 1 heterocycles. The summed E-state index contributed by atoms with van der Waals surface area (Å²) in [5.41, 5.74) is 0. The topological polar surface area (TPSA) is 41.1 Å². The maximum Gasteiger partial charge on any atom is 0.237 e. The molecule has 1 atom stereocenters. The summed E-state index contributed by atoms with van der Waals surface area (Å²) >= 11 is 0. The van der Waals surface area contributed by atoms with Crippen LogP contribution in [0.4, 0.5) is 0 Å². The SMILES string of the molecule is CC1CC(NC(=O)[C@@H]2CCCCN2)C1. The highest BCUT2D eigenvalue weighted by Crippen LogP contribution is 2.26. The Labute approximate surface area is 85.6 Å². The minimum Gasteiger partial charge on any atom is -0.352 e. The Hall–Kier alpha value is -0.570. The zero-order valence-electron chi connectivity index (χ0n) is 8.88. The van der Waals surface area contributed by atoms with E-state index in [0.29, 0.717) is 6.04 Å². The molecule has 2 N–H and O–H groups in total. The number of hydrogen-bond acceptors (Lipinski definition) is 2. The largest absolute Gasteiger partial charge is 0.352 e. The van der Waals surface area contributed by atoms with Gasteiger partial charge in [-0.15, -0.1) is 0 Å². The van der Waals surface area contributed by atoms with E-state index < -0.39 is 0 Å². The molecule has 3 nitrogen and oxygen atoms in total. The van der Waals surface area contributed by atoms with Gasteiger partial charge in [-0.25, -0.2) is 0 Å². The Bertz CT molecular complexity index is 205. The van der Waals surface area contributed by atoms with Gasteiger partial charge in [-0.2, -0.15) is 0 Å². The predicted octanol–water partition coefficient (Wildman–Crippen LogP) is 1.04. The first-order valence-electron chi connectivity index (χ1n) is 5.79. The fourth-order valence-corrected chi connectivity index (χ4v) is 2.40. The van der Waals surface area contributed by atoms with Gasteiger partial charge in [0, 0.05) is 6.04 Å². The lowest BCUT2D eigenvalue weighted by Crippen LogP contribution is -2.52. The average Bonchev–Trinajstić information content (AvgIpc) is 2.17. The second-order valence-electron chi connectivity index (χ2n) is 4.78. The van der Waals surface area contributed by atoms with E-state index in [-0.39, 0.29) is 11.9 Å². The first-order valence-corrected chi connectivity index (χ1v) is 5.79. The third-order valence-electron chi connectivity index (χ3n) is 3.35. The van der Waals surface area contributed by atoms with Gasteiger partial charge in [0.15, 0.2) is 0 Å². The van der Waals surface area contributed by atoms with Crippen LogP contribution in [-0.2, 0) is 4.79 Å². The molecule has 1 saturated heterocycles. The normalized spacial score (nSPS) is 37.4. The lowest BCUT2D eigenvalue weighted by molar-refractivity contribution is -0.125. The van der Waals surface area contributed by atoms with E-state index in [0.717, 1.165) is 18.9 Å². The molecule has 0 aromatic carbocycles. The first kappa shape index (κ1) is 9.97. The zero-order valence-corrected chi connectivity index (χ0v) is 8.88. The standard InChI is InChI=1S/C11H20N2O/c1-8-6-9(7-8)13-11(14)10-4-2-3-5-12-10/h8-10,12H,2-7H2,1H3,(H,13,14)/t8?,9?,10-/m0/s1. The molecule has 2 rings (SSSR count). The van der Waals surface area contributed by atoms with Crippen LogP contribution in [0.5, 0.6) is 0 Å². The molecular formula is C11H20N2O. The molecule has 0 bridgehead atoms. The van der Waals surface area contributed by atoms with E-state index in [2.05, 4.69) is 17.6 Å². The van der Waals surface area contributed by atoms with Crippen molar-refractivity contribution in [1.82, 2.24) is 10.6 Å². The van der Waals surface area contributed by atoms with Crippen molar-refractivity contribution >= 4 is 5.91 Å². The minimum absolute atomic E-state index is 0.0830. The number of hydrogen-bond donors (Lipinski definition) is 2. The highest BCUT2D eigenvalue weighted by atomic mass is 16.2. The van der Waals surface area contributed by atoms with Crippen molar-refractivity contribution in [2.75, 3.05) is 6.54 Å². The lowest BCUT2D eigenvalue weighted by Gasteiger charge is -2.35. The molecule has 0 unspecified atom stereocenters. The highest BCUT2D eigenvalue weighted by molar-refractivity contribution is 5.82. The van der Waals surface area contributed by atoms with E-state index in [1.807, 2.05) is 0 Å². The van der Waals surface area contributed by atoms with Crippen LogP contribution in [0, 0.1) is 5.92 Å². The van der Waals surface area contributed by atoms with Crippen molar-refractivity contribution in [3.63, 3.8) is 0 Å². The molecule has 2 aliphatic rings. The predicted molar refractivity (Wildman–Crippen MR) is 56.0 cm³/mol. The van der Waals surface area contributed by atoms with Crippen molar-refractivity contribution in [2.45, 2.75) is 51.1 Å². The number of carbonyl (C=O) groups is 1. The summed E-state index contributed by atoms with van der Waals surface area (Å²) in [5, 5.41) is 6.39. The summed E-state index contributed by atoms with van der Waals surface area (Å²) in [5.74, 6) is 1.03. The average molecular weight is 196 g/mol. The molecule has 0 aromatic heterocycles. The Morgan fingerprint density at radius 1 is 1.36 bits per heavy atom. The molecule has 1 aliphatic heterocycles. The summed E-state index contributed by atoms with van der Waals surface area (Å²) in [6.45, 7) is 3.24. The van der Waals surface area contributed by atoms with Crippen LogP contribution in [0.15, 0.2) is 0 Å². The third-order valence-corrected chi connectivity index (χ3v) is 3.35. The number of amides is 1. The monoisotopic (exact) mass is 196 g/mol. The van der Waals surface area contributed by atoms with Crippen LogP contribution in [0.1, 0.15) is 39.0 Å². The van der Waals surface area contributed by atoms with Crippen LogP contribution in [0.25, 0.3) is 0 Å². The van der Waals surface area contributed by atoms with Crippen LogP contribution in [0.3, 0.4) is 0 Å². The smallest absolute Gasteiger partial charge is 0.237 e. The van der Waals surface area contributed by atoms with Gasteiger partial charge in [-0.1, -0.05) is 13.3 Å². The van der Waals surface area contributed by atoms with Crippen LogP contribution >= 0.6 is 0 Å². The van der Waals surface area contributed by atoms with E-state index >= 15 is 0 Å². The molecule has 2 fully saturated rings. The van der Waals surface area contributed by atoms with Gasteiger partial charge in [0.25, 0.3) is 0 Å². The number of piperidine rings is 1. The van der Waals surface area contributed by atoms with E-state index in [1.54, 1.807) is 0 Å². The summed E-state index contributed by atoms with van der Waals surface area (Å²) in [7, 11) is 0. The maximum absolute atomic E-state index is 11.7. The zero-order chi connectivity index (χ0) is 9.97. The minimum atomic E-state index is 0.0830. The molecule has 14 heavy (non-hydrogen) atoms. The number of rotatable bonds is 2. The van der Waals surface area contributed by atoms with Crippen LogP contribution < -0.4 is 10.6 Å². The fraction of sp³-hybridized carbons (Fsp3) is 0.909. The van der Waals surface area contributed by atoms with E-state index in [1.165, 1.54) is 25.7 Å². The van der Waals surface area contributed by atoms with E-state index in [4.69, 9.17) is 0 Å². The lowest BCUT2D eigenvalue weighted by atomic mass is 9.81. The van der Waals surface area contributed by atoms with Gasteiger partial charge in [0.2, 0.25) is 5.91 Å². The van der Waals surface area contributed by atoms with Crippen molar-refractivity contribution < 1.29 is 4.79 Å². The summed E-state index contributed by atoms with van der Waals surface area (Å²) < 4.78 is 0.